The van der Waals surface area contributed by atoms with Crippen molar-refractivity contribution in [2.24, 2.45) is 0 Å². The van der Waals surface area contributed by atoms with Crippen LogP contribution < -0.4 is 9.62 Å². The first-order chi connectivity index (χ1) is 15.7. The largest absolute Gasteiger partial charge is 0.378 e. The van der Waals surface area contributed by atoms with Gasteiger partial charge in [-0.1, -0.05) is 17.7 Å². The van der Waals surface area contributed by atoms with E-state index in [1.807, 2.05) is 24.4 Å². The maximum atomic E-state index is 13.1. The minimum absolute atomic E-state index is 0.265. The van der Waals surface area contributed by atoms with Gasteiger partial charge in [0, 0.05) is 47.0 Å². The van der Waals surface area contributed by atoms with E-state index in [4.69, 9.17) is 16.3 Å². The molecule has 0 saturated carbocycles. The summed E-state index contributed by atoms with van der Waals surface area (Å²) in [7, 11) is 0. The van der Waals surface area contributed by atoms with Crippen LogP contribution >= 0.6 is 23.5 Å². The molecule has 162 valence electrons. The van der Waals surface area contributed by atoms with Crippen LogP contribution in [0, 0.1) is 5.82 Å². The lowest BCUT2D eigenvalue weighted by atomic mass is 10.0. The molecule has 1 aliphatic rings. The molecule has 0 unspecified atom stereocenters. The molecule has 1 fully saturated rings. The summed E-state index contributed by atoms with van der Waals surface area (Å²) in [6, 6.07) is 16.5. The molecule has 1 aliphatic heterocycles. The number of benzene rings is 2. The number of anilines is 2. The second-order valence-electron chi connectivity index (χ2n) is 7.38. The highest BCUT2D eigenvalue weighted by molar-refractivity contribution is 8.00. The number of halogens is 2. The van der Waals surface area contributed by atoms with E-state index in [1.165, 1.54) is 24.1 Å². The molecule has 2 aromatic heterocycles. The Morgan fingerprint density at radius 3 is 2.59 bits per heavy atom. The molecule has 0 aliphatic carbocycles. The van der Waals surface area contributed by atoms with E-state index in [2.05, 4.69) is 31.7 Å². The summed E-state index contributed by atoms with van der Waals surface area (Å²) in [6.07, 6.45) is 3.62. The number of aromatic nitrogens is 2. The third-order valence-corrected chi connectivity index (χ3v) is 6.47. The fourth-order valence-electron chi connectivity index (χ4n) is 3.69. The standard InChI is InChI=1S/C24H20ClFN4OS/c25-24-22(29-32-19-4-2-18(26)3-5-19)14-17(15-28-24)16-1-6-21-20(13-16)23(7-8-27-21)30-9-11-31-12-10-30/h1-8,13-15,29H,9-12H2. The quantitative estimate of drug-likeness (QED) is 0.285. The topological polar surface area (TPSA) is 50.3 Å². The summed E-state index contributed by atoms with van der Waals surface area (Å²) in [5.74, 6) is -0.265. The van der Waals surface area contributed by atoms with Crippen LogP contribution in [0.3, 0.4) is 0 Å². The molecule has 2 aromatic carbocycles. The number of morpholine rings is 1. The molecular formula is C24H20ClFN4OS. The van der Waals surface area contributed by atoms with Crippen molar-refractivity contribution in [2.75, 3.05) is 35.9 Å². The molecule has 0 amide bonds. The van der Waals surface area contributed by atoms with E-state index in [9.17, 15) is 4.39 Å². The highest BCUT2D eigenvalue weighted by atomic mass is 35.5. The molecule has 4 aromatic rings. The summed E-state index contributed by atoms with van der Waals surface area (Å²) < 4.78 is 21.9. The highest BCUT2D eigenvalue weighted by Gasteiger charge is 2.15. The number of hydrogen-bond donors (Lipinski definition) is 1. The molecule has 1 saturated heterocycles. The van der Waals surface area contributed by atoms with Gasteiger partial charge >= 0.3 is 0 Å². The lowest BCUT2D eigenvalue weighted by molar-refractivity contribution is 0.123. The Balaban J connectivity index is 1.45. The Morgan fingerprint density at radius 2 is 1.78 bits per heavy atom. The minimum atomic E-state index is -0.265. The van der Waals surface area contributed by atoms with Gasteiger partial charge in [0.2, 0.25) is 0 Å². The van der Waals surface area contributed by atoms with Crippen molar-refractivity contribution in [1.29, 1.82) is 0 Å². The number of hydrogen-bond acceptors (Lipinski definition) is 6. The average Bonchev–Trinajstić information content (AvgIpc) is 2.84. The second-order valence-corrected chi connectivity index (χ2v) is 8.62. The number of nitrogens with one attached hydrogen (secondary N) is 1. The van der Waals surface area contributed by atoms with Gasteiger partial charge in [-0.3, -0.25) is 4.98 Å². The predicted molar refractivity (Wildman–Crippen MR) is 129 cm³/mol. The predicted octanol–water partition coefficient (Wildman–Crippen LogP) is 6.05. The summed E-state index contributed by atoms with van der Waals surface area (Å²) >= 11 is 7.68. The highest BCUT2D eigenvalue weighted by Crippen LogP contribution is 2.34. The number of ether oxygens (including phenoxy) is 1. The van der Waals surface area contributed by atoms with Crippen LogP contribution in [0.2, 0.25) is 5.15 Å². The number of pyridine rings is 2. The Kier molecular flexibility index (Phi) is 6.12. The van der Waals surface area contributed by atoms with Gasteiger partial charge in [-0.2, -0.15) is 0 Å². The van der Waals surface area contributed by atoms with Crippen LogP contribution in [0.5, 0.6) is 0 Å². The molecule has 8 heteroatoms. The van der Waals surface area contributed by atoms with Gasteiger partial charge in [-0.05, 0) is 66.0 Å². The van der Waals surface area contributed by atoms with E-state index >= 15 is 0 Å². The lowest BCUT2D eigenvalue weighted by Gasteiger charge is -2.29. The number of rotatable bonds is 5. The lowest BCUT2D eigenvalue weighted by Crippen LogP contribution is -2.36. The number of fused-ring (bicyclic) bond motifs is 1. The van der Waals surface area contributed by atoms with Gasteiger partial charge in [0.05, 0.1) is 24.4 Å². The van der Waals surface area contributed by atoms with Crippen LogP contribution in [0.1, 0.15) is 0 Å². The van der Waals surface area contributed by atoms with Crippen LogP contribution in [-0.4, -0.2) is 36.3 Å². The first kappa shape index (κ1) is 21.0. The zero-order valence-electron chi connectivity index (χ0n) is 17.1. The second kappa shape index (κ2) is 9.32. The number of nitrogens with zero attached hydrogens (tertiary/aromatic N) is 3. The van der Waals surface area contributed by atoms with E-state index in [1.54, 1.807) is 18.3 Å². The van der Waals surface area contributed by atoms with Crippen molar-refractivity contribution in [2.45, 2.75) is 4.90 Å². The summed E-state index contributed by atoms with van der Waals surface area (Å²) in [5.41, 5.74) is 4.77. The van der Waals surface area contributed by atoms with E-state index in [0.29, 0.717) is 10.8 Å². The third kappa shape index (κ3) is 4.50. The van der Waals surface area contributed by atoms with E-state index in [0.717, 1.165) is 58.9 Å². The molecule has 5 rings (SSSR count). The summed E-state index contributed by atoms with van der Waals surface area (Å²) in [4.78, 5) is 12.1. The Labute approximate surface area is 194 Å². The van der Waals surface area contributed by atoms with Gasteiger partial charge in [0.15, 0.2) is 5.15 Å². The molecule has 0 spiro atoms. The molecule has 0 atom stereocenters. The molecule has 3 heterocycles. The Morgan fingerprint density at radius 1 is 0.969 bits per heavy atom. The minimum Gasteiger partial charge on any atom is -0.378 e. The first-order valence-corrected chi connectivity index (χ1v) is 11.4. The van der Waals surface area contributed by atoms with Crippen LogP contribution in [0.4, 0.5) is 15.8 Å². The van der Waals surface area contributed by atoms with Gasteiger partial charge < -0.3 is 14.4 Å². The molecule has 0 bridgehead atoms. The molecule has 5 nitrogen and oxygen atoms in total. The summed E-state index contributed by atoms with van der Waals surface area (Å²) in [6.45, 7) is 3.18. The van der Waals surface area contributed by atoms with Crippen LogP contribution in [-0.2, 0) is 4.74 Å². The fourth-order valence-corrected chi connectivity index (χ4v) is 4.55. The van der Waals surface area contributed by atoms with Crippen molar-refractivity contribution in [3.05, 3.63) is 78.0 Å². The van der Waals surface area contributed by atoms with Gasteiger partial charge in [0.1, 0.15) is 5.82 Å². The van der Waals surface area contributed by atoms with Crippen molar-refractivity contribution < 1.29 is 9.13 Å². The Bertz CT molecular complexity index is 1250. The maximum Gasteiger partial charge on any atom is 0.152 e. The van der Waals surface area contributed by atoms with Crippen LogP contribution in [0.15, 0.2) is 71.9 Å². The van der Waals surface area contributed by atoms with Crippen molar-refractivity contribution in [1.82, 2.24) is 9.97 Å². The van der Waals surface area contributed by atoms with Crippen molar-refractivity contribution in [3.8, 4) is 11.1 Å². The summed E-state index contributed by atoms with van der Waals surface area (Å²) in [5, 5.41) is 1.47. The van der Waals surface area contributed by atoms with E-state index in [-0.39, 0.29) is 5.82 Å². The monoisotopic (exact) mass is 466 g/mol. The van der Waals surface area contributed by atoms with Crippen molar-refractivity contribution in [3.63, 3.8) is 0 Å². The average molecular weight is 467 g/mol. The molecule has 0 radical (unpaired) electrons. The molecule has 1 N–H and O–H groups in total. The third-order valence-electron chi connectivity index (χ3n) is 5.34. The maximum absolute atomic E-state index is 13.1. The normalized spacial score (nSPS) is 14.0. The van der Waals surface area contributed by atoms with E-state index < -0.39 is 0 Å². The van der Waals surface area contributed by atoms with Gasteiger partial charge in [-0.25, -0.2) is 9.37 Å². The molecular weight excluding hydrogens is 447 g/mol. The Hall–Kier alpha value is -2.87. The first-order valence-electron chi connectivity index (χ1n) is 10.2. The van der Waals surface area contributed by atoms with Crippen molar-refractivity contribution >= 4 is 45.8 Å². The zero-order valence-corrected chi connectivity index (χ0v) is 18.7. The smallest absolute Gasteiger partial charge is 0.152 e. The fraction of sp³-hybridized carbons (Fsp3) is 0.167. The molecule has 32 heavy (non-hydrogen) atoms. The zero-order chi connectivity index (χ0) is 21.9. The SMILES string of the molecule is Fc1ccc(SNc2cc(-c3ccc4nccc(N5CCOCC5)c4c3)cnc2Cl)cc1. The van der Waals surface area contributed by atoms with Gasteiger partial charge in [0.25, 0.3) is 0 Å². The van der Waals surface area contributed by atoms with Gasteiger partial charge in [-0.15, -0.1) is 0 Å². The van der Waals surface area contributed by atoms with Crippen LogP contribution in [0.25, 0.3) is 22.0 Å².